The van der Waals surface area contributed by atoms with Gasteiger partial charge in [-0.2, -0.15) is 0 Å². The first-order valence-electron chi connectivity index (χ1n) is 6.33. The summed E-state index contributed by atoms with van der Waals surface area (Å²) in [6.07, 6.45) is 0. The van der Waals surface area contributed by atoms with Gasteiger partial charge in [-0.25, -0.2) is 0 Å². The average molecular weight is 238 g/mol. The zero-order valence-electron chi connectivity index (χ0n) is 12.4. The van der Waals surface area contributed by atoms with E-state index < -0.39 is 0 Å². The Bertz CT molecular complexity index is 398. The van der Waals surface area contributed by atoms with Crippen LogP contribution in [0.1, 0.15) is 78.4 Å². The summed E-state index contributed by atoms with van der Waals surface area (Å²) in [5.41, 5.74) is 0.708. The van der Waals surface area contributed by atoms with E-state index in [1.165, 1.54) is 0 Å². The van der Waals surface area contributed by atoms with Gasteiger partial charge in [0.15, 0.2) is 11.5 Å². The van der Waals surface area contributed by atoms with Crippen LogP contribution in [0.2, 0.25) is 0 Å². The van der Waals surface area contributed by atoms with E-state index in [0.29, 0.717) is 11.5 Å². The van der Waals surface area contributed by atoms with Crippen LogP contribution in [0.5, 0.6) is 5.75 Å². The van der Waals surface area contributed by atoms with Gasteiger partial charge in [0.25, 0.3) is 0 Å². The highest BCUT2D eigenvalue weighted by molar-refractivity contribution is 5.45. The number of hydrogen-bond acceptors (Lipinski definition) is 2. The van der Waals surface area contributed by atoms with Crippen molar-refractivity contribution in [2.75, 3.05) is 0 Å². The Labute approximate surface area is 105 Å². The molecule has 0 bridgehead atoms. The van der Waals surface area contributed by atoms with Gasteiger partial charge in [-0.05, 0) is 5.92 Å². The number of aromatic hydroxyl groups is 1. The summed E-state index contributed by atoms with van der Waals surface area (Å²) in [6.45, 7) is 16.7. The van der Waals surface area contributed by atoms with Crippen LogP contribution in [0.4, 0.5) is 0 Å². The highest BCUT2D eigenvalue weighted by Gasteiger charge is 2.33. The molecule has 98 valence electrons. The molecule has 0 aliphatic carbocycles. The predicted octanol–water partition coefficient (Wildman–Crippen LogP) is 4.70. The summed E-state index contributed by atoms with van der Waals surface area (Å²) in [6, 6.07) is 0. The van der Waals surface area contributed by atoms with Gasteiger partial charge in [0.1, 0.15) is 5.76 Å². The van der Waals surface area contributed by atoms with Gasteiger partial charge >= 0.3 is 0 Å². The third kappa shape index (κ3) is 2.67. The van der Waals surface area contributed by atoms with Crippen molar-refractivity contribution in [1.29, 1.82) is 0 Å². The van der Waals surface area contributed by atoms with E-state index in [9.17, 15) is 5.11 Å². The first-order valence-corrected chi connectivity index (χ1v) is 6.33. The average Bonchev–Trinajstić information content (AvgIpc) is 2.40. The molecule has 0 spiro atoms. The van der Waals surface area contributed by atoms with E-state index in [-0.39, 0.29) is 16.7 Å². The SMILES string of the molecule is CC(C)c1c(C(C)(C)C)oc(C(C)(C)C)c1O. The molecule has 0 saturated heterocycles. The van der Waals surface area contributed by atoms with Crippen LogP contribution in [0.25, 0.3) is 0 Å². The summed E-state index contributed by atoms with van der Waals surface area (Å²) in [5, 5.41) is 10.4. The Morgan fingerprint density at radius 2 is 1.29 bits per heavy atom. The van der Waals surface area contributed by atoms with Crippen LogP contribution >= 0.6 is 0 Å². The second-order valence-electron chi connectivity index (χ2n) is 7.18. The maximum Gasteiger partial charge on any atom is 0.161 e. The second-order valence-corrected chi connectivity index (χ2v) is 7.18. The molecule has 0 radical (unpaired) electrons. The van der Waals surface area contributed by atoms with E-state index >= 15 is 0 Å². The minimum Gasteiger partial charge on any atom is -0.504 e. The fraction of sp³-hybridized carbons (Fsp3) is 0.733. The lowest BCUT2D eigenvalue weighted by Crippen LogP contribution is -2.13. The quantitative estimate of drug-likeness (QED) is 0.769. The Balaban J connectivity index is 3.52. The Kier molecular flexibility index (Phi) is 3.39. The van der Waals surface area contributed by atoms with Crippen molar-refractivity contribution >= 4 is 0 Å². The zero-order chi connectivity index (χ0) is 13.6. The van der Waals surface area contributed by atoms with Crippen LogP contribution in [0.15, 0.2) is 4.42 Å². The van der Waals surface area contributed by atoms with Crippen molar-refractivity contribution in [3.63, 3.8) is 0 Å². The van der Waals surface area contributed by atoms with Gasteiger partial charge in [-0.15, -0.1) is 0 Å². The van der Waals surface area contributed by atoms with Gasteiger partial charge in [0.2, 0.25) is 0 Å². The molecule has 2 heteroatoms. The van der Waals surface area contributed by atoms with Gasteiger partial charge in [-0.3, -0.25) is 0 Å². The number of hydrogen-bond donors (Lipinski definition) is 1. The first kappa shape index (κ1) is 14.1. The Morgan fingerprint density at radius 1 is 0.882 bits per heavy atom. The number of furan rings is 1. The standard InChI is InChI=1S/C15H26O2/c1-9(2)10-11(16)13(15(6,7)8)17-12(10)14(3,4)5/h9,16H,1-8H3. The van der Waals surface area contributed by atoms with E-state index in [1.807, 2.05) is 0 Å². The molecule has 0 aliphatic heterocycles. The molecule has 1 heterocycles. The zero-order valence-corrected chi connectivity index (χ0v) is 12.4. The fourth-order valence-electron chi connectivity index (χ4n) is 2.04. The molecule has 0 amide bonds. The van der Waals surface area contributed by atoms with Crippen LogP contribution < -0.4 is 0 Å². The maximum atomic E-state index is 10.4. The Morgan fingerprint density at radius 3 is 1.53 bits per heavy atom. The monoisotopic (exact) mass is 238 g/mol. The smallest absolute Gasteiger partial charge is 0.161 e. The van der Waals surface area contributed by atoms with Crippen LogP contribution in [0.3, 0.4) is 0 Å². The van der Waals surface area contributed by atoms with Gasteiger partial charge in [-0.1, -0.05) is 55.4 Å². The van der Waals surface area contributed by atoms with Crippen molar-refractivity contribution in [3.8, 4) is 5.75 Å². The van der Waals surface area contributed by atoms with Gasteiger partial charge < -0.3 is 9.52 Å². The molecule has 1 aromatic heterocycles. The van der Waals surface area contributed by atoms with Crippen LogP contribution in [-0.4, -0.2) is 5.11 Å². The molecule has 0 atom stereocenters. The summed E-state index contributed by atoms with van der Waals surface area (Å²) in [5.74, 6) is 2.22. The molecule has 0 unspecified atom stereocenters. The molecule has 0 fully saturated rings. The van der Waals surface area contributed by atoms with Crippen LogP contribution in [-0.2, 0) is 10.8 Å². The van der Waals surface area contributed by atoms with Gasteiger partial charge in [0.05, 0.1) is 0 Å². The second kappa shape index (κ2) is 4.08. The van der Waals surface area contributed by atoms with Crippen molar-refractivity contribution < 1.29 is 9.52 Å². The summed E-state index contributed by atoms with van der Waals surface area (Å²) < 4.78 is 5.99. The Hall–Kier alpha value is -0.920. The van der Waals surface area contributed by atoms with E-state index in [4.69, 9.17) is 4.42 Å². The first-order chi connectivity index (χ1) is 7.46. The molecular formula is C15H26O2. The normalized spacial score (nSPS) is 13.5. The molecule has 1 aromatic rings. The molecule has 0 saturated carbocycles. The lowest BCUT2D eigenvalue weighted by molar-refractivity contribution is 0.328. The molecule has 0 aliphatic rings. The number of rotatable bonds is 1. The van der Waals surface area contributed by atoms with Gasteiger partial charge in [0, 0.05) is 16.4 Å². The predicted molar refractivity (Wildman–Crippen MR) is 71.9 cm³/mol. The largest absolute Gasteiger partial charge is 0.504 e. The van der Waals surface area contributed by atoms with Crippen molar-refractivity contribution in [1.82, 2.24) is 0 Å². The lowest BCUT2D eigenvalue weighted by atomic mass is 9.85. The summed E-state index contributed by atoms with van der Waals surface area (Å²) in [7, 11) is 0. The van der Waals surface area contributed by atoms with Crippen molar-refractivity contribution in [2.24, 2.45) is 0 Å². The van der Waals surface area contributed by atoms with E-state index in [2.05, 4.69) is 55.4 Å². The highest BCUT2D eigenvalue weighted by atomic mass is 16.4. The van der Waals surface area contributed by atoms with Crippen LogP contribution in [0, 0.1) is 0 Å². The third-order valence-electron chi connectivity index (χ3n) is 2.86. The molecule has 0 aromatic carbocycles. The minimum atomic E-state index is -0.169. The van der Waals surface area contributed by atoms with E-state index in [0.717, 1.165) is 11.3 Å². The molecule has 1 N–H and O–H groups in total. The van der Waals surface area contributed by atoms with Crippen molar-refractivity contribution in [3.05, 3.63) is 17.1 Å². The van der Waals surface area contributed by atoms with E-state index in [1.54, 1.807) is 0 Å². The third-order valence-corrected chi connectivity index (χ3v) is 2.86. The minimum absolute atomic E-state index is 0.0828. The summed E-state index contributed by atoms with van der Waals surface area (Å²) in [4.78, 5) is 0. The fourth-order valence-corrected chi connectivity index (χ4v) is 2.04. The maximum absolute atomic E-state index is 10.4. The highest BCUT2D eigenvalue weighted by Crippen LogP contribution is 2.44. The van der Waals surface area contributed by atoms with Crippen molar-refractivity contribution in [2.45, 2.75) is 72.1 Å². The molecular weight excluding hydrogens is 212 g/mol. The summed E-state index contributed by atoms with van der Waals surface area (Å²) >= 11 is 0. The lowest BCUT2D eigenvalue weighted by Gasteiger charge is -2.19. The molecule has 2 nitrogen and oxygen atoms in total. The topological polar surface area (TPSA) is 33.4 Å². The molecule has 17 heavy (non-hydrogen) atoms. The molecule has 1 rings (SSSR count).